The normalized spacial score (nSPS) is 23.9. The number of hydrogen-bond donors (Lipinski definition) is 2. The largest absolute Gasteiger partial charge is 0.480 e. The average Bonchev–Trinajstić information content (AvgIpc) is 2.70. The van der Waals surface area contributed by atoms with Crippen LogP contribution in [0.5, 0.6) is 0 Å². The Morgan fingerprint density at radius 1 is 1.47 bits per heavy atom. The molecule has 2 atom stereocenters. The highest BCUT2D eigenvalue weighted by atomic mass is 35.5. The van der Waals surface area contributed by atoms with Gasteiger partial charge in [-0.1, -0.05) is 29.3 Å². The van der Waals surface area contributed by atoms with Crippen molar-refractivity contribution >= 4 is 29.2 Å². The zero-order chi connectivity index (χ0) is 12.4. The summed E-state index contributed by atoms with van der Waals surface area (Å²) < 4.78 is 0. The summed E-state index contributed by atoms with van der Waals surface area (Å²) in [5.41, 5.74) is 0.955. The Labute approximate surface area is 110 Å². The molecule has 0 aromatic heterocycles. The van der Waals surface area contributed by atoms with Gasteiger partial charge in [-0.2, -0.15) is 0 Å². The Morgan fingerprint density at radius 2 is 2.24 bits per heavy atom. The molecule has 0 saturated carbocycles. The van der Waals surface area contributed by atoms with Crippen LogP contribution < -0.4 is 5.32 Å². The first-order chi connectivity index (χ1) is 8.08. The molecule has 0 amide bonds. The van der Waals surface area contributed by atoms with Gasteiger partial charge in [-0.3, -0.25) is 4.79 Å². The molecule has 1 aromatic rings. The van der Waals surface area contributed by atoms with Crippen LogP contribution in [0.4, 0.5) is 0 Å². The van der Waals surface area contributed by atoms with Crippen molar-refractivity contribution in [2.75, 3.05) is 6.54 Å². The number of carboxylic acids is 1. The minimum absolute atomic E-state index is 0.0891. The van der Waals surface area contributed by atoms with Gasteiger partial charge in [-0.15, -0.1) is 0 Å². The van der Waals surface area contributed by atoms with Gasteiger partial charge >= 0.3 is 5.97 Å². The predicted octanol–water partition coefficient (Wildman–Crippen LogP) is 2.60. The molecule has 1 aliphatic rings. The predicted molar refractivity (Wildman–Crippen MR) is 67.7 cm³/mol. The number of hydrogen-bond acceptors (Lipinski definition) is 2. The molecule has 92 valence electrons. The third kappa shape index (κ3) is 2.92. The monoisotopic (exact) mass is 273 g/mol. The van der Waals surface area contributed by atoms with Gasteiger partial charge in [-0.25, -0.2) is 0 Å². The third-order valence-corrected chi connectivity index (χ3v) is 3.70. The molecule has 3 nitrogen and oxygen atoms in total. The Hall–Kier alpha value is -0.770. The highest BCUT2D eigenvalue weighted by molar-refractivity contribution is 6.35. The molecule has 0 bridgehead atoms. The zero-order valence-corrected chi connectivity index (χ0v) is 10.6. The van der Waals surface area contributed by atoms with Crippen LogP contribution >= 0.6 is 23.2 Å². The topological polar surface area (TPSA) is 49.3 Å². The number of rotatable bonds is 3. The van der Waals surface area contributed by atoms with E-state index in [1.807, 2.05) is 6.07 Å². The number of carbonyl (C=O) groups is 1. The maximum atomic E-state index is 11.0. The van der Waals surface area contributed by atoms with E-state index in [4.69, 9.17) is 28.3 Å². The lowest BCUT2D eigenvalue weighted by atomic mass is 9.92. The van der Waals surface area contributed by atoms with Gasteiger partial charge in [0.25, 0.3) is 0 Å². The van der Waals surface area contributed by atoms with E-state index in [9.17, 15) is 4.79 Å². The van der Waals surface area contributed by atoms with Crippen LogP contribution in [0.1, 0.15) is 12.0 Å². The molecule has 0 aliphatic carbocycles. The number of halogens is 2. The number of nitrogens with one attached hydrogen (secondary N) is 1. The number of carboxylic acid groups (broad SMARTS) is 1. The smallest absolute Gasteiger partial charge is 0.320 e. The first-order valence-corrected chi connectivity index (χ1v) is 6.23. The highest BCUT2D eigenvalue weighted by Gasteiger charge is 2.32. The van der Waals surface area contributed by atoms with Gasteiger partial charge in [0, 0.05) is 10.0 Å². The first-order valence-electron chi connectivity index (χ1n) is 5.48. The van der Waals surface area contributed by atoms with Gasteiger partial charge in [-0.05, 0) is 43.0 Å². The van der Waals surface area contributed by atoms with Crippen molar-refractivity contribution in [2.45, 2.75) is 18.9 Å². The van der Waals surface area contributed by atoms with Crippen molar-refractivity contribution in [2.24, 2.45) is 5.92 Å². The molecular weight excluding hydrogens is 261 g/mol. The highest BCUT2D eigenvalue weighted by Crippen LogP contribution is 2.27. The molecule has 1 aromatic carbocycles. The van der Waals surface area contributed by atoms with Crippen molar-refractivity contribution in [1.82, 2.24) is 5.32 Å². The van der Waals surface area contributed by atoms with E-state index in [0.717, 1.165) is 18.5 Å². The quantitative estimate of drug-likeness (QED) is 0.890. The summed E-state index contributed by atoms with van der Waals surface area (Å²) >= 11 is 11.9. The minimum Gasteiger partial charge on any atom is -0.480 e. The molecule has 0 radical (unpaired) electrons. The summed E-state index contributed by atoms with van der Waals surface area (Å²) in [5.74, 6) is -0.705. The van der Waals surface area contributed by atoms with Crippen molar-refractivity contribution in [3.63, 3.8) is 0 Å². The maximum Gasteiger partial charge on any atom is 0.320 e. The van der Waals surface area contributed by atoms with Crippen LogP contribution in [0.2, 0.25) is 10.0 Å². The van der Waals surface area contributed by atoms with E-state index in [1.165, 1.54) is 0 Å². The summed E-state index contributed by atoms with van der Waals surface area (Å²) in [6.07, 6.45) is 1.52. The van der Waals surface area contributed by atoms with Crippen LogP contribution in [0.25, 0.3) is 0 Å². The first kappa shape index (κ1) is 12.7. The summed E-state index contributed by atoms with van der Waals surface area (Å²) in [4.78, 5) is 11.0. The lowest BCUT2D eigenvalue weighted by Gasteiger charge is -2.16. The van der Waals surface area contributed by atoms with E-state index in [1.54, 1.807) is 12.1 Å². The fourth-order valence-electron chi connectivity index (χ4n) is 2.24. The second-order valence-electron chi connectivity index (χ2n) is 4.26. The molecule has 1 heterocycles. The van der Waals surface area contributed by atoms with E-state index in [-0.39, 0.29) is 5.92 Å². The van der Waals surface area contributed by atoms with Crippen molar-refractivity contribution < 1.29 is 9.90 Å². The van der Waals surface area contributed by atoms with E-state index in [2.05, 4.69) is 5.32 Å². The van der Waals surface area contributed by atoms with E-state index >= 15 is 0 Å². The molecule has 0 spiro atoms. The van der Waals surface area contributed by atoms with Crippen LogP contribution in [0.15, 0.2) is 18.2 Å². The molecule has 2 rings (SSSR count). The lowest BCUT2D eigenvalue weighted by Crippen LogP contribution is -2.36. The zero-order valence-electron chi connectivity index (χ0n) is 9.12. The molecule has 1 aliphatic heterocycles. The molecule has 2 N–H and O–H groups in total. The fourth-order valence-corrected chi connectivity index (χ4v) is 2.72. The SMILES string of the molecule is O=C(O)[C@H]1NCC[C@H]1Cc1ccc(Cl)cc1Cl. The van der Waals surface area contributed by atoms with Gasteiger partial charge in [0.15, 0.2) is 0 Å². The van der Waals surface area contributed by atoms with Crippen LogP contribution in [-0.2, 0) is 11.2 Å². The molecule has 17 heavy (non-hydrogen) atoms. The van der Waals surface area contributed by atoms with E-state index < -0.39 is 12.0 Å². The summed E-state index contributed by atoms with van der Waals surface area (Å²) in [5, 5.41) is 13.2. The van der Waals surface area contributed by atoms with Crippen LogP contribution in [0, 0.1) is 5.92 Å². The molecule has 1 fully saturated rings. The summed E-state index contributed by atoms with van der Waals surface area (Å²) in [7, 11) is 0. The van der Waals surface area contributed by atoms with Gasteiger partial charge in [0.05, 0.1) is 0 Å². The summed E-state index contributed by atoms with van der Waals surface area (Å²) in [6.45, 7) is 0.743. The standard InChI is InChI=1S/C12H13Cl2NO2/c13-9-2-1-7(10(14)6-9)5-8-3-4-15-11(8)12(16)17/h1-2,6,8,11,15H,3-5H2,(H,16,17)/t8-,11-/m0/s1. The van der Waals surface area contributed by atoms with Crippen molar-refractivity contribution in [3.05, 3.63) is 33.8 Å². The molecular formula is C12H13Cl2NO2. The number of benzene rings is 1. The molecule has 5 heteroatoms. The fraction of sp³-hybridized carbons (Fsp3) is 0.417. The Bertz CT molecular complexity index is 437. The molecule has 0 unspecified atom stereocenters. The second kappa shape index (κ2) is 5.25. The Balaban J connectivity index is 2.12. The van der Waals surface area contributed by atoms with Gasteiger partial charge in [0.1, 0.15) is 6.04 Å². The van der Waals surface area contributed by atoms with Gasteiger partial charge in [0.2, 0.25) is 0 Å². The van der Waals surface area contributed by atoms with Crippen LogP contribution in [0.3, 0.4) is 0 Å². The van der Waals surface area contributed by atoms with Crippen LogP contribution in [-0.4, -0.2) is 23.7 Å². The Morgan fingerprint density at radius 3 is 2.88 bits per heavy atom. The van der Waals surface area contributed by atoms with Crippen molar-refractivity contribution in [1.29, 1.82) is 0 Å². The average molecular weight is 274 g/mol. The Kier molecular flexibility index (Phi) is 3.92. The number of aliphatic carboxylic acids is 1. The maximum absolute atomic E-state index is 11.0. The lowest BCUT2D eigenvalue weighted by molar-refractivity contribution is -0.140. The third-order valence-electron chi connectivity index (χ3n) is 3.11. The van der Waals surface area contributed by atoms with Gasteiger partial charge < -0.3 is 10.4 Å². The van der Waals surface area contributed by atoms with E-state index in [0.29, 0.717) is 16.5 Å². The minimum atomic E-state index is -0.794. The molecule has 1 saturated heterocycles. The van der Waals surface area contributed by atoms with Crippen molar-refractivity contribution in [3.8, 4) is 0 Å². The summed E-state index contributed by atoms with van der Waals surface area (Å²) in [6, 6.07) is 4.86. The second-order valence-corrected chi connectivity index (χ2v) is 5.10.